The fourth-order valence-electron chi connectivity index (χ4n) is 12.8. The third-order valence-corrected chi connectivity index (χ3v) is 21.2. The molecule has 70 heavy (non-hydrogen) atoms. The fraction of sp³-hybridized carbons (Fsp3) is 0.159. The molecule has 0 amide bonds. The number of hydrogen-bond donors (Lipinski definition) is 0. The molecule has 1 heteroatoms. The van der Waals surface area contributed by atoms with Crippen LogP contribution in [0.15, 0.2) is 222 Å². The summed E-state index contributed by atoms with van der Waals surface area (Å²) in [7, 11) is -3.60. The highest BCUT2D eigenvalue weighted by Crippen LogP contribution is 2.48. The fourth-order valence-corrected chi connectivity index (χ4v) is 19.5. The maximum Gasteiger partial charge on any atom is 0.178 e. The van der Waals surface area contributed by atoms with Crippen LogP contribution in [0.25, 0.3) is 66.8 Å². The van der Waals surface area contributed by atoms with Crippen molar-refractivity contribution >= 4 is 23.6 Å². The van der Waals surface area contributed by atoms with Crippen molar-refractivity contribution in [3.63, 3.8) is 0 Å². The van der Waals surface area contributed by atoms with Gasteiger partial charge in [-0.2, -0.15) is 0 Å². The second kappa shape index (κ2) is 18.9. The summed E-state index contributed by atoms with van der Waals surface area (Å²) in [6, 6.07) is 75.4. The summed E-state index contributed by atoms with van der Waals surface area (Å²) in [5.41, 5.74) is 27.6. The van der Waals surface area contributed by atoms with E-state index in [2.05, 4.69) is 269 Å². The molecule has 0 fully saturated rings. The van der Waals surface area contributed by atoms with E-state index < -0.39 is 8.07 Å². The first-order valence-electron chi connectivity index (χ1n) is 25.1. The Bertz CT molecular complexity index is 3140. The summed E-state index contributed by atoms with van der Waals surface area (Å²) in [6.45, 7) is 24.1. The molecule has 1 aliphatic carbocycles. The molecular formula is C69H64Si. The van der Waals surface area contributed by atoms with Gasteiger partial charge in [0.1, 0.15) is 0 Å². The molecule has 0 N–H and O–H groups in total. The van der Waals surface area contributed by atoms with Crippen LogP contribution in [0.3, 0.4) is 0 Å². The van der Waals surface area contributed by atoms with Crippen molar-refractivity contribution < 1.29 is 0 Å². The third-order valence-electron chi connectivity index (χ3n) is 16.0. The van der Waals surface area contributed by atoms with E-state index in [9.17, 15) is 0 Å². The van der Waals surface area contributed by atoms with Gasteiger partial charge in [0.25, 0.3) is 0 Å². The Morgan fingerprint density at radius 3 is 0.729 bits per heavy atom. The number of hydrogen-bond acceptors (Lipinski definition) is 0. The summed E-state index contributed by atoms with van der Waals surface area (Å²) in [5.74, 6) is 0.181. The molecule has 1 aliphatic rings. The number of allylic oxidation sites excluding steroid dienone is 4. The largest absolute Gasteiger partial charge is 0.178 e. The van der Waals surface area contributed by atoms with Gasteiger partial charge < -0.3 is 0 Å². The SMILES string of the molecule is CC1=C(C)C(C)C([Si](c2cc(C)c(-c3ccccc3)c(C)c2-c2ccccc2)(c2cc(C)c(-c3ccccc3)c(C)c2-c2ccccc2)c2cc(C)c(-c3ccccc3)c(C)c2-c2ccccc2)=C1C. The van der Waals surface area contributed by atoms with E-state index in [1.54, 1.807) is 5.20 Å². The van der Waals surface area contributed by atoms with Crippen LogP contribution in [0, 0.1) is 47.5 Å². The van der Waals surface area contributed by atoms with E-state index in [1.807, 2.05) is 0 Å². The monoisotopic (exact) mass is 920 g/mol. The molecular weight excluding hydrogens is 857 g/mol. The number of rotatable bonds is 10. The molecule has 9 aromatic rings. The Balaban J connectivity index is 1.54. The van der Waals surface area contributed by atoms with Gasteiger partial charge in [0.15, 0.2) is 8.07 Å². The summed E-state index contributed by atoms with van der Waals surface area (Å²) in [5, 5.41) is 5.93. The molecule has 344 valence electrons. The molecule has 0 heterocycles. The first kappa shape index (κ1) is 46.4. The van der Waals surface area contributed by atoms with E-state index in [0.29, 0.717) is 0 Å². The Hall–Kier alpha value is -7.32. The third kappa shape index (κ3) is 7.59. The standard InChI is InChI=1S/C69H64Si/c1-44-41-60(66(57-35-23-14-24-36-57)51(8)63(44)54-29-17-11-18-30-54)70(69-49(6)47(4)48(5)50(69)7,61-42-45(2)64(55-31-19-12-20-32-55)52(9)67(61)58-37-25-15-26-38-58)62-43-46(3)65(56-33-21-13-22-34-56)53(10)68(62)59-39-27-16-28-40-59/h11-43,49H,1-10H3. The van der Waals surface area contributed by atoms with Crippen molar-refractivity contribution in [2.45, 2.75) is 69.2 Å². The molecule has 0 saturated carbocycles. The van der Waals surface area contributed by atoms with Gasteiger partial charge in [-0.3, -0.25) is 0 Å². The van der Waals surface area contributed by atoms with Crippen LogP contribution < -0.4 is 15.6 Å². The van der Waals surface area contributed by atoms with Crippen LogP contribution in [0.1, 0.15) is 61.1 Å². The summed E-state index contributed by atoms with van der Waals surface area (Å²) in [4.78, 5) is 0. The van der Waals surface area contributed by atoms with Crippen molar-refractivity contribution in [1.29, 1.82) is 0 Å². The van der Waals surface area contributed by atoms with Gasteiger partial charge in [0.2, 0.25) is 0 Å². The minimum atomic E-state index is -3.60. The first-order chi connectivity index (χ1) is 33.9. The van der Waals surface area contributed by atoms with Gasteiger partial charge in [0, 0.05) is 0 Å². The zero-order valence-corrected chi connectivity index (χ0v) is 43.6. The predicted octanol–water partition coefficient (Wildman–Crippen LogP) is 16.9. The maximum absolute atomic E-state index is 3.60. The van der Waals surface area contributed by atoms with Gasteiger partial charge in [-0.1, -0.05) is 223 Å². The molecule has 0 aromatic heterocycles. The first-order valence-corrected chi connectivity index (χ1v) is 27.1. The Morgan fingerprint density at radius 2 is 0.514 bits per heavy atom. The lowest BCUT2D eigenvalue weighted by molar-refractivity contribution is 0.851. The van der Waals surface area contributed by atoms with Gasteiger partial charge in [0.05, 0.1) is 0 Å². The molecule has 0 aliphatic heterocycles. The highest BCUT2D eigenvalue weighted by Gasteiger charge is 2.53. The molecule has 0 nitrogen and oxygen atoms in total. The normalized spacial score (nSPS) is 13.9. The van der Waals surface area contributed by atoms with E-state index in [4.69, 9.17) is 0 Å². The number of benzene rings is 9. The van der Waals surface area contributed by atoms with E-state index >= 15 is 0 Å². The predicted molar refractivity (Wildman–Crippen MR) is 305 cm³/mol. The van der Waals surface area contributed by atoms with Gasteiger partial charge in [-0.15, -0.1) is 0 Å². The lowest BCUT2D eigenvalue weighted by atomic mass is 9.89. The molecule has 1 unspecified atom stereocenters. The lowest BCUT2D eigenvalue weighted by Gasteiger charge is -2.44. The van der Waals surface area contributed by atoms with Crippen LogP contribution in [0.2, 0.25) is 0 Å². The zero-order chi connectivity index (χ0) is 48.8. The van der Waals surface area contributed by atoms with Gasteiger partial charge in [-0.25, -0.2) is 0 Å². The van der Waals surface area contributed by atoms with Crippen molar-refractivity contribution in [2.75, 3.05) is 0 Å². The van der Waals surface area contributed by atoms with Gasteiger partial charge in [-0.05, 0) is 190 Å². The summed E-state index contributed by atoms with van der Waals surface area (Å²) < 4.78 is 0. The Morgan fingerprint density at radius 1 is 0.286 bits per heavy atom. The smallest absolute Gasteiger partial charge is 0.0636 e. The lowest BCUT2D eigenvalue weighted by Crippen LogP contribution is -2.71. The Kier molecular flexibility index (Phi) is 12.5. The van der Waals surface area contributed by atoms with Crippen molar-refractivity contribution in [2.24, 2.45) is 5.92 Å². The molecule has 10 rings (SSSR count). The topological polar surface area (TPSA) is 0 Å². The second-order valence-corrected chi connectivity index (χ2v) is 23.5. The highest BCUT2D eigenvalue weighted by molar-refractivity contribution is 7.18. The maximum atomic E-state index is 2.68. The minimum Gasteiger partial charge on any atom is -0.0636 e. The van der Waals surface area contributed by atoms with Crippen molar-refractivity contribution in [3.8, 4) is 66.8 Å². The van der Waals surface area contributed by atoms with Crippen molar-refractivity contribution in [3.05, 3.63) is 255 Å². The molecule has 0 spiro atoms. The van der Waals surface area contributed by atoms with E-state index in [-0.39, 0.29) is 5.92 Å². The molecule has 9 aromatic carbocycles. The van der Waals surface area contributed by atoms with Crippen molar-refractivity contribution in [1.82, 2.24) is 0 Å². The summed E-state index contributed by atoms with van der Waals surface area (Å²) >= 11 is 0. The van der Waals surface area contributed by atoms with Crippen LogP contribution in [0.5, 0.6) is 0 Å². The molecule has 1 atom stereocenters. The van der Waals surface area contributed by atoms with Crippen LogP contribution >= 0.6 is 0 Å². The van der Waals surface area contributed by atoms with Gasteiger partial charge >= 0.3 is 0 Å². The average Bonchev–Trinajstić information content (AvgIpc) is 3.57. The molecule has 0 radical (unpaired) electrons. The van der Waals surface area contributed by atoms with Crippen LogP contribution in [-0.4, -0.2) is 8.07 Å². The Labute approximate surface area is 418 Å². The number of aryl methyl sites for hydroxylation is 3. The highest BCUT2D eigenvalue weighted by atomic mass is 28.3. The molecule has 0 bridgehead atoms. The van der Waals surface area contributed by atoms with Crippen LogP contribution in [-0.2, 0) is 0 Å². The van der Waals surface area contributed by atoms with E-state index in [1.165, 1.54) is 132 Å². The summed E-state index contributed by atoms with van der Waals surface area (Å²) in [6.07, 6.45) is 0. The second-order valence-electron chi connectivity index (χ2n) is 19.9. The molecule has 0 saturated heterocycles. The zero-order valence-electron chi connectivity index (χ0n) is 42.6. The quantitative estimate of drug-likeness (QED) is 0.0947. The van der Waals surface area contributed by atoms with E-state index in [0.717, 1.165) is 0 Å². The average molecular weight is 921 g/mol. The van der Waals surface area contributed by atoms with Crippen LogP contribution in [0.4, 0.5) is 0 Å². The minimum absolute atomic E-state index is 0.181.